The van der Waals surface area contributed by atoms with Gasteiger partial charge in [-0.2, -0.15) is 0 Å². The number of ether oxygens (including phenoxy) is 1. The number of hydrogen-bond donors (Lipinski definition) is 0. The van der Waals surface area contributed by atoms with Gasteiger partial charge in [0.05, 0.1) is 23.6 Å². The van der Waals surface area contributed by atoms with Gasteiger partial charge in [0.15, 0.2) is 0 Å². The summed E-state index contributed by atoms with van der Waals surface area (Å²) in [5, 5.41) is 0.415. The number of benzene rings is 2. The molecule has 0 atom stereocenters. The second-order valence-electron chi connectivity index (χ2n) is 7.89. The summed E-state index contributed by atoms with van der Waals surface area (Å²) in [6.07, 6.45) is 0.971. The highest BCUT2D eigenvalue weighted by atomic mass is 35.5. The van der Waals surface area contributed by atoms with Crippen molar-refractivity contribution in [3.63, 3.8) is 0 Å². The minimum absolute atomic E-state index is 0.0969. The summed E-state index contributed by atoms with van der Waals surface area (Å²) >= 11 is 6.26. The van der Waals surface area contributed by atoms with E-state index in [1.807, 2.05) is 6.92 Å². The summed E-state index contributed by atoms with van der Waals surface area (Å²) in [4.78, 5) is 26.6. The van der Waals surface area contributed by atoms with Gasteiger partial charge in [-0.25, -0.2) is 8.42 Å². The molecule has 1 aliphatic rings. The molecule has 0 spiro atoms. The molecular weight excluding hydrogens is 452 g/mol. The largest absolute Gasteiger partial charge is 0.469 e. The van der Waals surface area contributed by atoms with Crippen molar-refractivity contribution < 1.29 is 22.7 Å². The Morgan fingerprint density at radius 3 is 2.31 bits per heavy atom. The molecule has 32 heavy (non-hydrogen) atoms. The van der Waals surface area contributed by atoms with Crippen LogP contribution in [0.5, 0.6) is 0 Å². The minimum atomic E-state index is -4.02. The minimum Gasteiger partial charge on any atom is -0.469 e. The fourth-order valence-electron chi connectivity index (χ4n) is 3.76. The van der Waals surface area contributed by atoms with Crippen molar-refractivity contribution in [1.29, 1.82) is 0 Å². The Hall–Kier alpha value is -2.58. The van der Waals surface area contributed by atoms with Crippen molar-refractivity contribution in [3.8, 4) is 0 Å². The second-order valence-corrected chi connectivity index (χ2v) is 10.2. The predicted octanol–water partition coefficient (Wildman–Crippen LogP) is 3.56. The van der Waals surface area contributed by atoms with Crippen LogP contribution in [0.4, 0.5) is 5.69 Å². The summed E-state index contributed by atoms with van der Waals surface area (Å²) in [5.41, 5.74) is 1.86. The molecule has 172 valence electrons. The number of esters is 1. The lowest BCUT2D eigenvalue weighted by atomic mass is 9.97. The quantitative estimate of drug-likeness (QED) is 0.593. The summed E-state index contributed by atoms with van der Waals surface area (Å²) in [6, 6.07) is 11.5. The number of carbonyl (C=O) groups excluding carboxylic acids is 2. The smallest absolute Gasteiger partial charge is 0.308 e. The molecule has 2 aromatic rings. The number of likely N-dealkylation sites (tertiary alicyclic amines) is 1. The van der Waals surface area contributed by atoms with E-state index < -0.39 is 10.0 Å². The van der Waals surface area contributed by atoms with Crippen molar-refractivity contribution >= 4 is 39.2 Å². The van der Waals surface area contributed by atoms with Gasteiger partial charge in [0, 0.05) is 18.1 Å². The van der Waals surface area contributed by atoms with Crippen LogP contribution in [0.2, 0.25) is 5.02 Å². The molecule has 0 bridgehead atoms. The standard InChI is InChI=1S/C23H27ClN2O5S/c1-16-7-9-19(10-8-16)32(29,30)26(21-6-4-5-20(24)17(21)2)15-22(27)25-13-11-18(12-14-25)23(28)31-3/h4-10,18H,11-15H2,1-3H3. The van der Waals surface area contributed by atoms with Crippen LogP contribution in [0.15, 0.2) is 47.4 Å². The van der Waals surface area contributed by atoms with Gasteiger partial charge in [-0.15, -0.1) is 0 Å². The van der Waals surface area contributed by atoms with Crippen molar-refractivity contribution in [1.82, 2.24) is 4.90 Å². The molecule has 2 aromatic carbocycles. The van der Waals surface area contributed by atoms with Crippen LogP contribution in [-0.2, 0) is 24.3 Å². The Labute approximate surface area is 194 Å². The molecular formula is C23H27ClN2O5S. The molecule has 0 aromatic heterocycles. The first kappa shape index (κ1) is 24.1. The van der Waals surface area contributed by atoms with Crippen LogP contribution < -0.4 is 4.31 Å². The monoisotopic (exact) mass is 478 g/mol. The highest BCUT2D eigenvalue weighted by Crippen LogP contribution is 2.31. The molecule has 0 N–H and O–H groups in total. The topological polar surface area (TPSA) is 84.0 Å². The van der Waals surface area contributed by atoms with Crippen molar-refractivity contribution in [2.45, 2.75) is 31.6 Å². The molecule has 1 fully saturated rings. The van der Waals surface area contributed by atoms with E-state index >= 15 is 0 Å². The number of carbonyl (C=O) groups is 2. The van der Waals surface area contributed by atoms with Gasteiger partial charge >= 0.3 is 5.97 Å². The first-order valence-corrected chi connectivity index (χ1v) is 12.2. The van der Waals surface area contributed by atoms with E-state index in [0.717, 1.165) is 9.87 Å². The predicted molar refractivity (Wildman–Crippen MR) is 123 cm³/mol. The molecule has 0 saturated carbocycles. The third-order valence-electron chi connectivity index (χ3n) is 5.78. The maximum Gasteiger partial charge on any atom is 0.308 e. The van der Waals surface area contributed by atoms with Gasteiger partial charge in [0.25, 0.3) is 10.0 Å². The lowest BCUT2D eigenvalue weighted by molar-refractivity contribution is -0.148. The van der Waals surface area contributed by atoms with E-state index in [1.165, 1.54) is 19.2 Å². The van der Waals surface area contributed by atoms with Gasteiger partial charge in [-0.05, 0) is 56.5 Å². The first-order valence-electron chi connectivity index (χ1n) is 10.3. The van der Waals surface area contributed by atoms with Gasteiger partial charge in [0.1, 0.15) is 6.54 Å². The maximum atomic E-state index is 13.6. The number of piperidine rings is 1. The summed E-state index contributed by atoms with van der Waals surface area (Å²) in [5.74, 6) is -0.856. The highest BCUT2D eigenvalue weighted by molar-refractivity contribution is 7.92. The molecule has 1 saturated heterocycles. The lowest BCUT2D eigenvalue weighted by Crippen LogP contribution is -2.47. The number of sulfonamides is 1. The lowest BCUT2D eigenvalue weighted by Gasteiger charge is -2.33. The molecule has 0 aliphatic carbocycles. The van der Waals surface area contributed by atoms with Crippen LogP contribution in [0.25, 0.3) is 0 Å². The van der Waals surface area contributed by atoms with Crippen molar-refractivity contribution in [2.24, 2.45) is 5.92 Å². The molecule has 1 heterocycles. The number of hydrogen-bond acceptors (Lipinski definition) is 5. The number of nitrogens with zero attached hydrogens (tertiary/aromatic N) is 2. The normalized spacial score (nSPS) is 14.8. The summed E-state index contributed by atoms with van der Waals surface area (Å²) < 4.78 is 33.0. The number of halogens is 1. The van der Waals surface area contributed by atoms with E-state index in [0.29, 0.717) is 42.2 Å². The first-order chi connectivity index (χ1) is 15.1. The highest BCUT2D eigenvalue weighted by Gasteiger charge is 2.33. The average Bonchev–Trinajstić information content (AvgIpc) is 2.79. The average molecular weight is 479 g/mol. The SMILES string of the molecule is COC(=O)C1CCN(C(=O)CN(c2cccc(Cl)c2C)S(=O)(=O)c2ccc(C)cc2)CC1. The van der Waals surface area contributed by atoms with Crippen LogP contribution >= 0.6 is 11.6 Å². The molecule has 7 nitrogen and oxygen atoms in total. The Morgan fingerprint density at radius 2 is 1.72 bits per heavy atom. The Balaban J connectivity index is 1.90. The van der Waals surface area contributed by atoms with Crippen LogP contribution in [0, 0.1) is 19.8 Å². The maximum absolute atomic E-state index is 13.6. The molecule has 1 aliphatic heterocycles. The molecule has 0 unspecified atom stereocenters. The number of rotatable bonds is 6. The second kappa shape index (κ2) is 9.92. The fourth-order valence-corrected chi connectivity index (χ4v) is 5.40. The Morgan fingerprint density at radius 1 is 1.09 bits per heavy atom. The number of amides is 1. The van der Waals surface area contributed by atoms with Crippen molar-refractivity contribution in [3.05, 3.63) is 58.6 Å². The molecule has 3 rings (SSSR count). The third kappa shape index (κ3) is 5.07. The summed E-state index contributed by atoms with van der Waals surface area (Å²) in [7, 11) is -2.67. The molecule has 1 amide bonds. The molecule has 0 radical (unpaired) electrons. The zero-order chi connectivity index (χ0) is 23.5. The molecule has 9 heteroatoms. The van der Waals surface area contributed by atoms with E-state index in [9.17, 15) is 18.0 Å². The van der Waals surface area contributed by atoms with Crippen LogP contribution in [-0.4, -0.2) is 51.9 Å². The summed E-state index contributed by atoms with van der Waals surface area (Å²) in [6.45, 7) is 3.97. The van der Waals surface area contributed by atoms with E-state index in [4.69, 9.17) is 16.3 Å². The van der Waals surface area contributed by atoms with Gasteiger partial charge < -0.3 is 9.64 Å². The zero-order valence-electron chi connectivity index (χ0n) is 18.4. The van der Waals surface area contributed by atoms with E-state index in [2.05, 4.69) is 0 Å². The third-order valence-corrected chi connectivity index (χ3v) is 7.96. The Bertz CT molecular complexity index is 1090. The zero-order valence-corrected chi connectivity index (χ0v) is 19.9. The van der Waals surface area contributed by atoms with Crippen LogP contribution in [0.3, 0.4) is 0 Å². The fraction of sp³-hybridized carbons (Fsp3) is 0.391. The number of methoxy groups -OCH3 is 1. The van der Waals surface area contributed by atoms with Gasteiger partial charge in [0.2, 0.25) is 5.91 Å². The van der Waals surface area contributed by atoms with Crippen LogP contribution in [0.1, 0.15) is 24.0 Å². The van der Waals surface area contributed by atoms with E-state index in [1.54, 1.807) is 42.2 Å². The van der Waals surface area contributed by atoms with Gasteiger partial charge in [-0.3, -0.25) is 13.9 Å². The number of anilines is 1. The van der Waals surface area contributed by atoms with Gasteiger partial charge in [-0.1, -0.05) is 35.4 Å². The Kier molecular flexibility index (Phi) is 7.46. The van der Waals surface area contributed by atoms with Crippen molar-refractivity contribution in [2.75, 3.05) is 31.0 Å². The van der Waals surface area contributed by atoms with E-state index in [-0.39, 0.29) is 29.2 Å². The number of aryl methyl sites for hydroxylation is 1.